The standard InChI is InChI=1S/C12H20O/c13-10-12(7-3-8-12)9-6-11-4-1-2-5-11/h10-11H,1-9H2. The van der Waals surface area contributed by atoms with Gasteiger partial charge in [-0.25, -0.2) is 0 Å². The summed E-state index contributed by atoms with van der Waals surface area (Å²) in [5.74, 6) is 0.956. The topological polar surface area (TPSA) is 17.1 Å². The van der Waals surface area contributed by atoms with Crippen LogP contribution in [0.4, 0.5) is 0 Å². The summed E-state index contributed by atoms with van der Waals surface area (Å²) in [5, 5.41) is 0. The lowest BCUT2D eigenvalue weighted by Gasteiger charge is -2.37. The van der Waals surface area contributed by atoms with Crippen molar-refractivity contribution < 1.29 is 4.79 Å². The van der Waals surface area contributed by atoms with Crippen molar-refractivity contribution in [1.82, 2.24) is 0 Å². The molecule has 0 bridgehead atoms. The van der Waals surface area contributed by atoms with Gasteiger partial charge >= 0.3 is 0 Å². The van der Waals surface area contributed by atoms with Gasteiger partial charge in [0.2, 0.25) is 0 Å². The lowest BCUT2D eigenvalue weighted by molar-refractivity contribution is -0.121. The Morgan fingerprint density at radius 3 is 2.31 bits per heavy atom. The van der Waals surface area contributed by atoms with E-state index in [4.69, 9.17) is 0 Å². The zero-order chi connectivity index (χ0) is 9.15. The molecule has 0 unspecified atom stereocenters. The molecule has 0 aromatic rings. The highest BCUT2D eigenvalue weighted by Gasteiger charge is 2.36. The van der Waals surface area contributed by atoms with Gasteiger partial charge in [-0.3, -0.25) is 0 Å². The molecule has 0 amide bonds. The third-order valence-electron chi connectivity index (χ3n) is 4.12. The molecule has 0 aromatic carbocycles. The molecule has 0 aliphatic heterocycles. The van der Waals surface area contributed by atoms with E-state index in [1.165, 1.54) is 64.1 Å². The molecule has 2 aliphatic carbocycles. The highest BCUT2D eigenvalue weighted by atomic mass is 16.1. The summed E-state index contributed by atoms with van der Waals surface area (Å²) in [5.41, 5.74) is 0.141. The molecule has 74 valence electrons. The van der Waals surface area contributed by atoms with Gasteiger partial charge in [0.1, 0.15) is 6.29 Å². The predicted molar refractivity (Wildman–Crippen MR) is 53.5 cm³/mol. The van der Waals surface area contributed by atoms with Crippen LogP contribution < -0.4 is 0 Å². The Labute approximate surface area is 80.9 Å². The Morgan fingerprint density at radius 2 is 1.85 bits per heavy atom. The third-order valence-corrected chi connectivity index (χ3v) is 4.12. The molecule has 0 heterocycles. The highest BCUT2D eigenvalue weighted by Crippen LogP contribution is 2.44. The first-order chi connectivity index (χ1) is 6.35. The second-order valence-corrected chi connectivity index (χ2v) is 5.02. The van der Waals surface area contributed by atoms with Crippen molar-refractivity contribution in [3.05, 3.63) is 0 Å². The van der Waals surface area contributed by atoms with Crippen LogP contribution in [0.2, 0.25) is 0 Å². The van der Waals surface area contributed by atoms with Gasteiger partial charge in [0.15, 0.2) is 0 Å². The molecule has 0 N–H and O–H groups in total. The Bertz CT molecular complexity index is 176. The maximum Gasteiger partial charge on any atom is 0.126 e. The van der Waals surface area contributed by atoms with Crippen LogP contribution in [0.25, 0.3) is 0 Å². The van der Waals surface area contributed by atoms with E-state index in [1.807, 2.05) is 0 Å². The van der Waals surface area contributed by atoms with Gasteiger partial charge in [0.25, 0.3) is 0 Å². The maximum absolute atomic E-state index is 10.9. The molecule has 0 radical (unpaired) electrons. The number of hydrogen-bond donors (Lipinski definition) is 0. The minimum Gasteiger partial charge on any atom is -0.303 e. The summed E-state index contributed by atoms with van der Waals surface area (Å²) in [4.78, 5) is 10.9. The fraction of sp³-hybridized carbons (Fsp3) is 0.917. The molecule has 0 saturated heterocycles. The molecule has 2 fully saturated rings. The Morgan fingerprint density at radius 1 is 1.15 bits per heavy atom. The van der Waals surface area contributed by atoms with Crippen LogP contribution in [0.5, 0.6) is 0 Å². The third kappa shape index (κ3) is 1.95. The summed E-state index contributed by atoms with van der Waals surface area (Å²) in [6, 6.07) is 0. The Kier molecular flexibility index (Phi) is 2.71. The smallest absolute Gasteiger partial charge is 0.126 e. The van der Waals surface area contributed by atoms with Crippen molar-refractivity contribution in [1.29, 1.82) is 0 Å². The Hall–Kier alpha value is -0.330. The minimum atomic E-state index is 0.141. The monoisotopic (exact) mass is 180 g/mol. The van der Waals surface area contributed by atoms with Crippen LogP contribution in [-0.2, 0) is 4.79 Å². The van der Waals surface area contributed by atoms with E-state index in [0.717, 1.165) is 5.92 Å². The number of carbonyl (C=O) groups is 1. The van der Waals surface area contributed by atoms with Crippen molar-refractivity contribution in [3.63, 3.8) is 0 Å². The summed E-state index contributed by atoms with van der Waals surface area (Å²) in [6.07, 6.45) is 13.1. The second-order valence-electron chi connectivity index (χ2n) is 5.02. The fourth-order valence-electron chi connectivity index (χ4n) is 2.85. The molecule has 0 spiro atoms. The molecule has 2 aliphatic rings. The summed E-state index contributed by atoms with van der Waals surface area (Å²) in [7, 11) is 0. The van der Waals surface area contributed by atoms with Crippen molar-refractivity contribution in [3.8, 4) is 0 Å². The van der Waals surface area contributed by atoms with E-state index >= 15 is 0 Å². The fourth-order valence-corrected chi connectivity index (χ4v) is 2.85. The van der Waals surface area contributed by atoms with Crippen LogP contribution in [0.1, 0.15) is 57.8 Å². The summed E-state index contributed by atoms with van der Waals surface area (Å²) >= 11 is 0. The molecule has 2 rings (SSSR count). The molecular weight excluding hydrogens is 160 g/mol. The van der Waals surface area contributed by atoms with Crippen LogP contribution in [-0.4, -0.2) is 6.29 Å². The molecule has 13 heavy (non-hydrogen) atoms. The van der Waals surface area contributed by atoms with Crippen molar-refractivity contribution >= 4 is 6.29 Å². The molecule has 0 atom stereocenters. The van der Waals surface area contributed by atoms with Crippen molar-refractivity contribution in [2.75, 3.05) is 0 Å². The average molecular weight is 180 g/mol. The van der Waals surface area contributed by atoms with Crippen LogP contribution >= 0.6 is 0 Å². The molecule has 1 heteroatoms. The van der Waals surface area contributed by atoms with Crippen molar-refractivity contribution in [2.24, 2.45) is 11.3 Å². The molecule has 1 nitrogen and oxygen atoms in total. The minimum absolute atomic E-state index is 0.141. The van der Waals surface area contributed by atoms with Gasteiger partial charge in [-0.1, -0.05) is 32.1 Å². The number of rotatable bonds is 4. The average Bonchev–Trinajstić information content (AvgIpc) is 2.56. The van der Waals surface area contributed by atoms with E-state index in [1.54, 1.807) is 0 Å². The van der Waals surface area contributed by atoms with E-state index in [0.29, 0.717) is 0 Å². The van der Waals surface area contributed by atoms with Crippen LogP contribution in [0, 0.1) is 11.3 Å². The quantitative estimate of drug-likeness (QED) is 0.606. The van der Waals surface area contributed by atoms with E-state index in [9.17, 15) is 4.79 Å². The van der Waals surface area contributed by atoms with E-state index < -0.39 is 0 Å². The van der Waals surface area contributed by atoms with Crippen molar-refractivity contribution in [2.45, 2.75) is 57.8 Å². The molecule has 2 saturated carbocycles. The number of aldehydes is 1. The summed E-state index contributed by atoms with van der Waals surface area (Å²) < 4.78 is 0. The first-order valence-electron chi connectivity index (χ1n) is 5.81. The first-order valence-corrected chi connectivity index (χ1v) is 5.81. The van der Waals surface area contributed by atoms with Gasteiger partial charge in [-0.05, 0) is 31.6 Å². The SMILES string of the molecule is O=CC1(CCC2CCCC2)CCC1. The van der Waals surface area contributed by atoms with Gasteiger partial charge in [0, 0.05) is 5.41 Å². The van der Waals surface area contributed by atoms with Crippen LogP contribution in [0.3, 0.4) is 0 Å². The van der Waals surface area contributed by atoms with Gasteiger partial charge in [0.05, 0.1) is 0 Å². The lowest BCUT2D eigenvalue weighted by Crippen LogP contribution is -2.31. The predicted octanol–water partition coefficient (Wildman–Crippen LogP) is 3.33. The zero-order valence-electron chi connectivity index (χ0n) is 8.43. The normalized spacial score (nSPS) is 27.1. The molecule has 0 aromatic heterocycles. The van der Waals surface area contributed by atoms with Crippen LogP contribution in [0.15, 0.2) is 0 Å². The maximum atomic E-state index is 10.9. The van der Waals surface area contributed by atoms with Gasteiger partial charge < -0.3 is 4.79 Å². The zero-order valence-corrected chi connectivity index (χ0v) is 8.43. The number of carbonyl (C=O) groups excluding carboxylic acids is 1. The second kappa shape index (κ2) is 3.81. The lowest BCUT2D eigenvalue weighted by atomic mass is 9.66. The number of hydrogen-bond acceptors (Lipinski definition) is 1. The Balaban J connectivity index is 1.73. The van der Waals surface area contributed by atoms with Gasteiger partial charge in [-0.2, -0.15) is 0 Å². The first kappa shape index (κ1) is 9.23. The summed E-state index contributed by atoms with van der Waals surface area (Å²) in [6.45, 7) is 0. The van der Waals surface area contributed by atoms with E-state index in [2.05, 4.69) is 0 Å². The largest absolute Gasteiger partial charge is 0.303 e. The van der Waals surface area contributed by atoms with E-state index in [-0.39, 0.29) is 5.41 Å². The van der Waals surface area contributed by atoms with Gasteiger partial charge in [-0.15, -0.1) is 0 Å². The molecular formula is C12H20O. The highest BCUT2D eigenvalue weighted by molar-refractivity contribution is 5.60.